The Kier molecular flexibility index (Phi) is 2.75. The average Bonchev–Trinajstić information content (AvgIpc) is 2.72. The van der Waals surface area contributed by atoms with Gasteiger partial charge in [-0.05, 0) is 19.1 Å². The van der Waals surface area contributed by atoms with Crippen molar-refractivity contribution in [3.05, 3.63) is 48.5 Å². The second kappa shape index (κ2) is 4.43. The molecule has 0 amide bonds. The van der Waals surface area contributed by atoms with Gasteiger partial charge < -0.3 is 9.30 Å². The molecule has 1 heterocycles. The Morgan fingerprint density at radius 2 is 1.47 bits per heavy atom. The predicted octanol–water partition coefficient (Wildman–Crippen LogP) is 3.88. The number of carbonyl (C=O) groups excluding carboxylic acids is 1. The van der Waals surface area contributed by atoms with Gasteiger partial charge in [0.15, 0.2) is 6.23 Å². The minimum absolute atomic E-state index is 0.269. The molecule has 0 radical (unpaired) electrons. The number of ether oxygens (including phenoxy) is 1. The van der Waals surface area contributed by atoms with Crippen molar-refractivity contribution in [1.82, 2.24) is 4.57 Å². The Hall–Kier alpha value is -2.29. The van der Waals surface area contributed by atoms with Crippen LogP contribution in [0.3, 0.4) is 0 Å². The molecule has 0 N–H and O–H groups in total. The second-order valence-electron chi connectivity index (χ2n) is 4.61. The van der Waals surface area contributed by atoms with Crippen LogP contribution in [0, 0.1) is 0 Å². The largest absolute Gasteiger partial charge is 0.442 e. The van der Waals surface area contributed by atoms with E-state index in [-0.39, 0.29) is 12.2 Å². The summed E-state index contributed by atoms with van der Waals surface area (Å²) in [7, 11) is 0. The minimum atomic E-state index is -0.317. The molecular formula is C16H15NO2. The minimum Gasteiger partial charge on any atom is -0.442 e. The summed E-state index contributed by atoms with van der Waals surface area (Å²) in [5.74, 6) is -0.269. The van der Waals surface area contributed by atoms with E-state index >= 15 is 0 Å². The first-order chi connectivity index (χ1) is 9.18. The molecule has 0 saturated heterocycles. The van der Waals surface area contributed by atoms with Crippen LogP contribution < -0.4 is 0 Å². The summed E-state index contributed by atoms with van der Waals surface area (Å²) >= 11 is 0. The van der Waals surface area contributed by atoms with Crippen molar-refractivity contribution in [1.29, 1.82) is 0 Å². The highest BCUT2D eigenvalue weighted by molar-refractivity contribution is 6.08. The highest BCUT2D eigenvalue weighted by atomic mass is 16.6. The molecule has 0 saturated carbocycles. The fraction of sp³-hybridized carbons (Fsp3) is 0.188. The van der Waals surface area contributed by atoms with Gasteiger partial charge in [0.1, 0.15) is 0 Å². The Balaban J connectivity index is 2.33. The van der Waals surface area contributed by atoms with E-state index in [2.05, 4.69) is 28.8 Å². The van der Waals surface area contributed by atoms with E-state index in [1.54, 1.807) is 0 Å². The highest BCUT2D eigenvalue weighted by Gasteiger charge is 2.15. The molecule has 1 atom stereocenters. The van der Waals surface area contributed by atoms with Gasteiger partial charge in [-0.3, -0.25) is 4.79 Å². The normalized spacial score (nSPS) is 12.7. The summed E-state index contributed by atoms with van der Waals surface area (Å²) in [4.78, 5) is 11.2. The third kappa shape index (κ3) is 1.87. The zero-order valence-electron chi connectivity index (χ0n) is 11.0. The Morgan fingerprint density at radius 1 is 1.00 bits per heavy atom. The van der Waals surface area contributed by atoms with Crippen molar-refractivity contribution in [2.75, 3.05) is 0 Å². The van der Waals surface area contributed by atoms with E-state index in [0.717, 1.165) is 11.0 Å². The van der Waals surface area contributed by atoms with Crippen LogP contribution in [0.15, 0.2) is 48.5 Å². The van der Waals surface area contributed by atoms with Gasteiger partial charge in [0.25, 0.3) is 0 Å². The van der Waals surface area contributed by atoms with Gasteiger partial charge in [0.2, 0.25) is 0 Å². The quantitative estimate of drug-likeness (QED) is 0.649. The van der Waals surface area contributed by atoms with E-state index in [9.17, 15) is 4.79 Å². The van der Waals surface area contributed by atoms with Gasteiger partial charge in [-0.2, -0.15) is 0 Å². The van der Waals surface area contributed by atoms with Crippen LogP contribution in [0.5, 0.6) is 0 Å². The SMILES string of the molecule is CC(=O)OC(C)n1c2ccccc2c2ccccc21. The fourth-order valence-electron chi connectivity index (χ4n) is 2.64. The van der Waals surface area contributed by atoms with Crippen LogP contribution in [0.25, 0.3) is 21.8 Å². The Morgan fingerprint density at radius 3 is 1.95 bits per heavy atom. The van der Waals surface area contributed by atoms with Crippen molar-refractivity contribution in [2.45, 2.75) is 20.1 Å². The first kappa shape index (κ1) is 11.8. The predicted molar refractivity (Wildman–Crippen MR) is 75.9 cm³/mol. The maximum absolute atomic E-state index is 11.2. The van der Waals surface area contributed by atoms with E-state index in [1.807, 2.05) is 31.2 Å². The molecule has 0 fully saturated rings. The maximum Gasteiger partial charge on any atom is 0.304 e. The van der Waals surface area contributed by atoms with Crippen molar-refractivity contribution < 1.29 is 9.53 Å². The zero-order valence-corrected chi connectivity index (χ0v) is 11.0. The molecule has 0 bridgehead atoms. The smallest absolute Gasteiger partial charge is 0.304 e. The third-order valence-electron chi connectivity index (χ3n) is 3.32. The highest BCUT2D eigenvalue weighted by Crippen LogP contribution is 2.31. The van der Waals surface area contributed by atoms with Crippen LogP contribution in [0.4, 0.5) is 0 Å². The van der Waals surface area contributed by atoms with Crippen LogP contribution in [0.1, 0.15) is 20.1 Å². The number of fused-ring (bicyclic) bond motifs is 3. The van der Waals surface area contributed by atoms with E-state index in [1.165, 1.54) is 17.7 Å². The molecule has 1 unspecified atom stereocenters. The third-order valence-corrected chi connectivity index (χ3v) is 3.32. The van der Waals surface area contributed by atoms with E-state index < -0.39 is 0 Å². The number of esters is 1. The second-order valence-corrected chi connectivity index (χ2v) is 4.61. The monoisotopic (exact) mass is 253 g/mol. The first-order valence-electron chi connectivity index (χ1n) is 6.33. The summed E-state index contributed by atoms with van der Waals surface area (Å²) in [5, 5.41) is 2.36. The van der Waals surface area contributed by atoms with Gasteiger partial charge >= 0.3 is 5.97 Å². The lowest BCUT2D eigenvalue weighted by molar-refractivity contribution is -0.149. The van der Waals surface area contributed by atoms with Crippen molar-refractivity contribution in [2.24, 2.45) is 0 Å². The Bertz CT molecular complexity index is 704. The number of rotatable bonds is 2. The molecule has 0 aliphatic heterocycles. The molecule has 96 valence electrons. The summed E-state index contributed by atoms with van der Waals surface area (Å²) in [6, 6.07) is 16.3. The van der Waals surface area contributed by atoms with Gasteiger partial charge in [-0.1, -0.05) is 36.4 Å². The standard InChI is InChI=1S/C16H15NO2/c1-11(19-12(2)18)17-15-9-5-3-7-13(15)14-8-4-6-10-16(14)17/h3-11H,1-2H3. The fourth-order valence-corrected chi connectivity index (χ4v) is 2.64. The molecular weight excluding hydrogens is 238 g/mol. The van der Waals surface area contributed by atoms with Crippen LogP contribution in [-0.4, -0.2) is 10.5 Å². The molecule has 3 heteroatoms. The summed E-state index contributed by atoms with van der Waals surface area (Å²) in [6.07, 6.45) is -0.317. The topological polar surface area (TPSA) is 31.2 Å². The number of benzene rings is 2. The lowest BCUT2D eigenvalue weighted by Gasteiger charge is -2.16. The summed E-state index contributed by atoms with van der Waals surface area (Å²) in [6.45, 7) is 3.32. The zero-order chi connectivity index (χ0) is 13.4. The number of hydrogen-bond donors (Lipinski definition) is 0. The van der Waals surface area contributed by atoms with Gasteiger partial charge in [-0.25, -0.2) is 0 Å². The molecule has 2 aromatic carbocycles. The first-order valence-corrected chi connectivity index (χ1v) is 6.33. The number of nitrogens with zero attached hydrogens (tertiary/aromatic N) is 1. The summed E-state index contributed by atoms with van der Waals surface area (Å²) < 4.78 is 7.40. The molecule has 0 spiro atoms. The van der Waals surface area contributed by atoms with Gasteiger partial charge in [-0.15, -0.1) is 0 Å². The number of hydrogen-bond acceptors (Lipinski definition) is 2. The lowest BCUT2D eigenvalue weighted by atomic mass is 10.2. The van der Waals surface area contributed by atoms with E-state index in [0.29, 0.717) is 0 Å². The van der Waals surface area contributed by atoms with Crippen molar-refractivity contribution >= 4 is 27.8 Å². The lowest BCUT2D eigenvalue weighted by Crippen LogP contribution is -2.12. The molecule has 0 aliphatic rings. The molecule has 19 heavy (non-hydrogen) atoms. The van der Waals surface area contributed by atoms with Gasteiger partial charge in [0, 0.05) is 17.7 Å². The molecule has 3 aromatic rings. The van der Waals surface area contributed by atoms with Crippen LogP contribution >= 0.6 is 0 Å². The Labute approximate surface area is 111 Å². The van der Waals surface area contributed by atoms with Crippen LogP contribution in [-0.2, 0) is 9.53 Å². The van der Waals surface area contributed by atoms with Gasteiger partial charge in [0.05, 0.1) is 11.0 Å². The molecule has 0 aliphatic carbocycles. The molecule has 3 rings (SSSR count). The van der Waals surface area contributed by atoms with E-state index in [4.69, 9.17) is 4.74 Å². The van der Waals surface area contributed by atoms with Crippen molar-refractivity contribution in [3.8, 4) is 0 Å². The number of carbonyl (C=O) groups is 1. The summed E-state index contributed by atoms with van der Waals surface area (Å²) in [5.41, 5.74) is 2.16. The van der Waals surface area contributed by atoms with Crippen LogP contribution in [0.2, 0.25) is 0 Å². The number of aromatic nitrogens is 1. The number of para-hydroxylation sites is 2. The average molecular weight is 253 g/mol. The molecule has 3 nitrogen and oxygen atoms in total. The van der Waals surface area contributed by atoms with Crippen molar-refractivity contribution in [3.63, 3.8) is 0 Å². The molecule has 1 aromatic heterocycles. The maximum atomic E-state index is 11.2.